The Hall–Kier alpha value is -0.340. The number of allylic oxidation sites excluding steroid dienone is 1. The maximum Gasteiger partial charge on any atom is 0.160 e. The molecule has 0 heterocycles. The van der Waals surface area contributed by atoms with Crippen LogP contribution in [0.1, 0.15) is 51.9 Å². The first-order valence-corrected chi connectivity index (χ1v) is 6.99. The number of carbonyl (C=O) groups excluding carboxylic acids is 1. The van der Waals surface area contributed by atoms with E-state index in [1.165, 1.54) is 51.1 Å². The zero-order valence-corrected chi connectivity index (χ0v) is 13.1. The highest BCUT2D eigenvalue weighted by Crippen LogP contribution is 2.08. The van der Waals surface area contributed by atoms with Gasteiger partial charge in [-0.15, -0.1) is 0 Å². The molecule has 18 heavy (non-hydrogen) atoms. The standard InChI is InChI=1S/C15H30NO.ClH/c1-5-7-8-9-10-11-13-16(3,4)14-12-15(17)6-2;/h6H,2,5,7-14H2,1,3-4H3;1H/q+1;/p-1. The third-order valence-electron chi connectivity index (χ3n) is 3.31. The summed E-state index contributed by atoms with van der Waals surface area (Å²) in [6.07, 6.45) is 10.1. The lowest BCUT2D eigenvalue weighted by molar-refractivity contribution is -0.889. The molecule has 0 aliphatic carbocycles. The Kier molecular flexibility index (Phi) is 13.0. The summed E-state index contributed by atoms with van der Waals surface area (Å²) in [5.74, 6) is 0.166. The van der Waals surface area contributed by atoms with E-state index in [0.29, 0.717) is 6.42 Å². The van der Waals surface area contributed by atoms with E-state index < -0.39 is 0 Å². The van der Waals surface area contributed by atoms with Gasteiger partial charge in [-0.3, -0.25) is 4.79 Å². The Balaban J connectivity index is 0. The predicted molar refractivity (Wildman–Crippen MR) is 75.0 cm³/mol. The molecule has 0 aliphatic rings. The van der Waals surface area contributed by atoms with Crippen LogP contribution in [0.2, 0.25) is 0 Å². The smallest absolute Gasteiger partial charge is 0.160 e. The van der Waals surface area contributed by atoms with E-state index in [4.69, 9.17) is 0 Å². The molecule has 0 saturated carbocycles. The van der Waals surface area contributed by atoms with Gasteiger partial charge in [-0.2, -0.15) is 0 Å². The quantitative estimate of drug-likeness (QED) is 0.306. The van der Waals surface area contributed by atoms with Crippen LogP contribution < -0.4 is 12.4 Å². The Bertz CT molecular complexity index is 227. The van der Waals surface area contributed by atoms with Gasteiger partial charge in [0.25, 0.3) is 0 Å². The molecule has 0 spiro atoms. The van der Waals surface area contributed by atoms with Gasteiger partial charge < -0.3 is 16.9 Å². The summed E-state index contributed by atoms with van der Waals surface area (Å²) >= 11 is 0. The fraction of sp³-hybridized carbons (Fsp3) is 0.800. The molecule has 0 unspecified atom stereocenters. The number of halogens is 1. The number of quaternary nitrogens is 1. The van der Waals surface area contributed by atoms with Crippen LogP contribution in [0, 0.1) is 0 Å². The number of nitrogens with zero attached hydrogens (tertiary/aromatic N) is 1. The second kappa shape index (κ2) is 11.7. The minimum Gasteiger partial charge on any atom is -1.00 e. The molecule has 0 radical (unpaired) electrons. The summed E-state index contributed by atoms with van der Waals surface area (Å²) in [6.45, 7) is 7.86. The summed E-state index contributed by atoms with van der Waals surface area (Å²) in [4.78, 5) is 11.2. The monoisotopic (exact) mass is 275 g/mol. The Morgan fingerprint density at radius 1 is 1.06 bits per heavy atom. The molecule has 0 fully saturated rings. The van der Waals surface area contributed by atoms with Crippen molar-refractivity contribution in [3.8, 4) is 0 Å². The van der Waals surface area contributed by atoms with Gasteiger partial charge in [0.1, 0.15) is 0 Å². The molecular formula is C15H30ClNO. The highest BCUT2D eigenvalue weighted by molar-refractivity contribution is 5.89. The van der Waals surface area contributed by atoms with Crippen molar-refractivity contribution in [3.63, 3.8) is 0 Å². The number of hydrogen-bond donors (Lipinski definition) is 0. The molecular weight excluding hydrogens is 246 g/mol. The van der Waals surface area contributed by atoms with Gasteiger partial charge in [-0.25, -0.2) is 0 Å². The minimum absolute atomic E-state index is 0. The van der Waals surface area contributed by atoms with Crippen molar-refractivity contribution in [2.24, 2.45) is 0 Å². The van der Waals surface area contributed by atoms with E-state index in [1.54, 1.807) is 0 Å². The summed E-state index contributed by atoms with van der Waals surface area (Å²) in [7, 11) is 4.42. The van der Waals surface area contributed by atoms with Crippen molar-refractivity contribution < 1.29 is 21.7 Å². The number of rotatable bonds is 11. The zero-order valence-electron chi connectivity index (χ0n) is 12.4. The van der Waals surface area contributed by atoms with E-state index in [0.717, 1.165) is 11.0 Å². The van der Waals surface area contributed by atoms with Crippen molar-refractivity contribution in [2.45, 2.75) is 51.9 Å². The molecule has 0 amide bonds. The highest BCUT2D eigenvalue weighted by Gasteiger charge is 2.15. The van der Waals surface area contributed by atoms with Crippen LogP contribution in [0.4, 0.5) is 0 Å². The van der Waals surface area contributed by atoms with Crippen LogP contribution in [0.3, 0.4) is 0 Å². The molecule has 0 saturated heterocycles. The number of unbranched alkanes of at least 4 members (excludes halogenated alkanes) is 5. The van der Waals surface area contributed by atoms with Crippen LogP contribution in [-0.4, -0.2) is 37.5 Å². The van der Waals surface area contributed by atoms with Crippen molar-refractivity contribution in [1.82, 2.24) is 0 Å². The zero-order chi connectivity index (χ0) is 13.1. The van der Waals surface area contributed by atoms with Gasteiger partial charge in [0.05, 0.1) is 33.6 Å². The summed E-state index contributed by atoms with van der Waals surface area (Å²) in [5.41, 5.74) is 0. The lowest BCUT2D eigenvalue weighted by Crippen LogP contribution is -3.00. The van der Waals surface area contributed by atoms with E-state index in [-0.39, 0.29) is 18.2 Å². The Labute approximate surface area is 119 Å². The van der Waals surface area contributed by atoms with Crippen LogP contribution in [-0.2, 0) is 4.79 Å². The number of hydrogen-bond acceptors (Lipinski definition) is 1. The Morgan fingerprint density at radius 3 is 2.17 bits per heavy atom. The summed E-state index contributed by atoms with van der Waals surface area (Å²) in [6, 6.07) is 0. The molecule has 0 aromatic heterocycles. The average molecular weight is 276 g/mol. The van der Waals surface area contributed by atoms with Crippen molar-refractivity contribution >= 4 is 5.78 Å². The Morgan fingerprint density at radius 2 is 1.61 bits per heavy atom. The second-order valence-electron chi connectivity index (χ2n) is 5.57. The van der Waals surface area contributed by atoms with E-state index in [1.807, 2.05) is 0 Å². The third-order valence-corrected chi connectivity index (χ3v) is 3.31. The van der Waals surface area contributed by atoms with Gasteiger partial charge in [-0.05, 0) is 18.9 Å². The fourth-order valence-corrected chi connectivity index (χ4v) is 1.95. The first-order chi connectivity index (χ1) is 8.02. The molecule has 3 heteroatoms. The number of ketones is 1. The largest absolute Gasteiger partial charge is 1.00 e. The molecule has 0 aromatic carbocycles. The fourth-order valence-electron chi connectivity index (χ4n) is 1.95. The van der Waals surface area contributed by atoms with Crippen LogP contribution in [0.25, 0.3) is 0 Å². The lowest BCUT2D eigenvalue weighted by atomic mass is 10.1. The normalized spacial score (nSPS) is 10.8. The molecule has 0 N–H and O–H groups in total. The molecule has 0 aromatic rings. The van der Waals surface area contributed by atoms with Gasteiger partial charge in [0.2, 0.25) is 0 Å². The van der Waals surface area contributed by atoms with Crippen molar-refractivity contribution in [2.75, 3.05) is 27.2 Å². The molecule has 0 rings (SSSR count). The van der Waals surface area contributed by atoms with E-state index in [9.17, 15) is 4.79 Å². The minimum atomic E-state index is 0. The van der Waals surface area contributed by atoms with Crippen LogP contribution in [0.15, 0.2) is 12.7 Å². The predicted octanol–water partition coefficient (Wildman–Crippen LogP) is 0.573. The third kappa shape index (κ3) is 12.1. The van der Waals surface area contributed by atoms with Crippen LogP contribution in [0.5, 0.6) is 0 Å². The van der Waals surface area contributed by atoms with Crippen LogP contribution >= 0.6 is 0 Å². The maximum atomic E-state index is 11.2. The highest BCUT2D eigenvalue weighted by atomic mass is 35.5. The van der Waals surface area contributed by atoms with E-state index >= 15 is 0 Å². The summed E-state index contributed by atoms with van der Waals surface area (Å²) < 4.78 is 0.952. The summed E-state index contributed by atoms with van der Waals surface area (Å²) in [5, 5.41) is 0. The first-order valence-electron chi connectivity index (χ1n) is 6.99. The van der Waals surface area contributed by atoms with Crippen molar-refractivity contribution in [1.29, 1.82) is 0 Å². The molecule has 0 bridgehead atoms. The molecule has 0 atom stereocenters. The first kappa shape index (κ1) is 20.0. The SMILES string of the molecule is C=CC(=O)CC[N+](C)(C)CCCCCCCC.[Cl-]. The van der Waals surface area contributed by atoms with Gasteiger partial charge in [0.15, 0.2) is 5.78 Å². The van der Waals surface area contributed by atoms with Crippen molar-refractivity contribution in [3.05, 3.63) is 12.7 Å². The lowest BCUT2D eigenvalue weighted by Gasteiger charge is -2.29. The van der Waals surface area contributed by atoms with Gasteiger partial charge in [0, 0.05) is 0 Å². The van der Waals surface area contributed by atoms with Gasteiger partial charge in [-0.1, -0.05) is 39.2 Å². The molecule has 2 nitrogen and oxygen atoms in total. The maximum absolute atomic E-state index is 11.2. The second-order valence-corrected chi connectivity index (χ2v) is 5.57. The topological polar surface area (TPSA) is 17.1 Å². The van der Waals surface area contributed by atoms with E-state index in [2.05, 4.69) is 27.6 Å². The molecule has 108 valence electrons. The average Bonchev–Trinajstić information content (AvgIpc) is 2.30. The van der Waals surface area contributed by atoms with Gasteiger partial charge >= 0.3 is 0 Å². The molecule has 0 aliphatic heterocycles. The number of carbonyl (C=O) groups is 1.